The van der Waals surface area contributed by atoms with Gasteiger partial charge in [0.15, 0.2) is 11.0 Å². The Morgan fingerprint density at radius 1 is 1.18 bits per heavy atom. The molecule has 0 fully saturated rings. The van der Waals surface area contributed by atoms with Gasteiger partial charge in [-0.25, -0.2) is 0 Å². The van der Waals surface area contributed by atoms with Crippen molar-refractivity contribution in [2.75, 3.05) is 12.3 Å². The minimum absolute atomic E-state index is 0.0664. The third-order valence-corrected chi connectivity index (χ3v) is 6.07. The van der Waals surface area contributed by atoms with E-state index in [0.29, 0.717) is 28.2 Å². The molecule has 1 heterocycles. The summed E-state index contributed by atoms with van der Waals surface area (Å²) in [7, 11) is 1.90. The average molecular weight is 435 g/mol. The fourth-order valence-corrected chi connectivity index (χ4v) is 3.89. The number of aryl methyl sites for hydroxylation is 1. The van der Waals surface area contributed by atoms with Gasteiger partial charge in [-0.05, 0) is 31.0 Å². The van der Waals surface area contributed by atoms with Crippen molar-refractivity contribution in [2.45, 2.75) is 18.5 Å². The largest absolute Gasteiger partial charge is 0.355 e. The SMILES string of the molecule is Cc1cccc(-c2nnc(SCC(=O)NCCc3cccc(Cl)c3Cl)n2C)c1. The molecule has 0 saturated carbocycles. The number of aromatic nitrogens is 3. The number of thioether (sulfide) groups is 1. The Labute approximate surface area is 178 Å². The van der Waals surface area contributed by atoms with Crippen LogP contribution < -0.4 is 5.32 Å². The summed E-state index contributed by atoms with van der Waals surface area (Å²) in [5.41, 5.74) is 3.08. The molecule has 3 rings (SSSR count). The lowest BCUT2D eigenvalue weighted by Gasteiger charge is -2.08. The Bertz CT molecular complexity index is 990. The zero-order chi connectivity index (χ0) is 20.1. The van der Waals surface area contributed by atoms with Gasteiger partial charge < -0.3 is 9.88 Å². The molecule has 0 atom stereocenters. The van der Waals surface area contributed by atoms with Gasteiger partial charge in [-0.3, -0.25) is 4.79 Å². The summed E-state index contributed by atoms with van der Waals surface area (Å²) in [6.07, 6.45) is 0.622. The summed E-state index contributed by atoms with van der Waals surface area (Å²) < 4.78 is 1.90. The number of hydrogen-bond donors (Lipinski definition) is 1. The number of hydrogen-bond acceptors (Lipinski definition) is 4. The molecule has 0 unspecified atom stereocenters. The summed E-state index contributed by atoms with van der Waals surface area (Å²) >= 11 is 13.5. The molecule has 1 amide bonds. The first-order valence-electron chi connectivity index (χ1n) is 8.74. The van der Waals surface area contributed by atoms with Crippen LogP contribution in [0.5, 0.6) is 0 Å². The molecule has 1 N–H and O–H groups in total. The molecule has 0 radical (unpaired) electrons. The standard InChI is InChI=1S/C20H20Cl2N4OS/c1-13-5-3-7-15(11-13)19-24-25-20(26(19)2)28-12-17(27)23-10-9-14-6-4-8-16(21)18(14)22/h3-8,11H,9-10,12H2,1-2H3,(H,23,27). The predicted octanol–water partition coefficient (Wildman–Crippen LogP) is 4.55. The fraction of sp³-hybridized carbons (Fsp3) is 0.250. The topological polar surface area (TPSA) is 59.8 Å². The van der Waals surface area contributed by atoms with Crippen molar-refractivity contribution in [3.63, 3.8) is 0 Å². The highest BCUT2D eigenvalue weighted by molar-refractivity contribution is 7.99. The molecule has 1 aromatic heterocycles. The molecule has 0 aliphatic rings. The highest BCUT2D eigenvalue weighted by Gasteiger charge is 2.13. The summed E-state index contributed by atoms with van der Waals surface area (Å²) in [4.78, 5) is 12.1. The molecule has 0 spiro atoms. The van der Waals surface area contributed by atoms with Crippen molar-refractivity contribution in [3.05, 3.63) is 63.6 Å². The van der Waals surface area contributed by atoms with Crippen LogP contribution in [0, 0.1) is 6.92 Å². The van der Waals surface area contributed by atoms with Gasteiger partial charge in [0.05, 0.1) is 15.8 Å². The van der Waals surface area contributed by atoms with Gasteiger partial charge in [0.25, 0.3) is 0 Å². The third kappa shape index (κ3) is 5.07. The van der Waals surface area contributed by atoms with Crippen molar-refractivity contribution in [1.29, 1.82) is 0 Å². The van der Waals surface area contributed by atoms with Gasteiger partial charge in [0.2, 0.25) is 5.91 Å². The molecule has 146 valence electrons. The number of carbonyl (C=O) groups excluding carboxylic acids is 1. The second kappa shape index (κ2) is 9.45. The Hall–Kier alpha value is -2.02. The number of benzene rings is 2. The summed E-state index contributed by atoms with van der Waals surface area (Å²) in [6.45, 7) is 2.53. The smallest absolute Gasteiger partial charge is 0.230 e. The van der Waals surface area contributed by atoms with Gasteiger partial charge in [-0.15, -0.1) is 10.2 Å². The van der Waals surface area contributed by atoms with Gasteiger partial charge in [-0.2, -0.15) is 0 Å². The normalized spacial score (nSPS) is 10.9. The van der Waals surface area contributed by atoms with Crippen molar-refractivity contribution in [2.24, 2.45) is 7.05 Å². The lowest BCUT2D eigenvalue weighted by Crippen LogP contribution is -2.27. The molecular formula is C20H20Cl2N4OS. The van der Waals surface area contributed by atoms with E-state index < -0.39 is 0 Å². The molecule has 3 aromatic rings. The molecule has 8 heteroatoms. The second-order valence-corrected chi connectivity index (χ2v) is 8.06. The zero-order valence-electron chi connectivity index (χ0n) is 15.6. The van der Waals surface area contributed by atoms with Crippen LogP contribution in [-0.2, 0) is 18.3 Å². The van der Waals surface area contributed by atoms with Gasteiger partial charge in [0.1, 0.15) is 0 Å². The minimum Gasteiger partial charge on any atom is -0.355 e. The van der Waals surface area contributed by atoms with E-state index in [2.05, 4.69) is 21.6 Å². The van der Waals surface area contributed by atoms with Crippen LogP contribution in [0.15, 0.2) is 47.6 Å². The zero-order valence-corrected chi connectivity index (χ0v) is 17.9. The second-order valence-electron chi connectivity index (χ2n) is 6.34. The van der Waals surface area contributed by atoms with E-state index in [9.17, 15) is 4.79 Å². The number of halogens is 2. The third-order valence-electron chi connectivity index (χ3n) is 4.19. The molecule has 28 heavy (non-hydrogen) atoms. The molecule has 0 aliphatic carbocycles. The van der Waals surface area contributed by atoms with E-state index in [1.807, 2.05) is 48.9 Å². The van der Waals surface area contributed by atoms with Crippen LogP contribution in [0.25, 0.3) is 11.4 Å². The maximum atomic E-state index is 12.1. The number of amides is 1. The monoisotopic (exact) mass is 434 g/mol. The number of nitrogens with one attached hydrogen (secondary N) is 1. The van der Waals surface area contributed by atoms with Crippen LogP contribution in [0.3, 0.4) is 0 Å². The lowest BCUT2D eigenvalue weighted by molar-refractivity contribution is -0.118. The van der Waals surface area contributed by atoms with E-state index in [1.165, 1.54) is 11.8 Å². The van der Waals surface area contributed by atoms with Gasteiger partial charge in [0, 0.05) is 19.2 Å². The molecule has 0 saturated heterocycles. The maximum absolute atomic E-state index is 12.1. The lowest BCUT2D eigenvalue weighted by atomic mass is 10.1. The van der Waals surface area contributed by atoms with Crippen molar-refractivity contribution >= 4 is 40.9 Å². The molecule has 5 nitrogen and oxygen atoms in total. The molecule has 0 bridgehead atoms. The van der Waals surface area contributed by atoms with Gasteiger partial charge >= 0.3 is 0 Å². The number of carbonyl (C=O) groups is 1. The number of rotatable bonds is 7. The predicted molar refractivity (Wildman–Crippen MR) is 115 cm³/mol. The highest BCUT2D eigenvalue weighted by atomic mass is 35.5. The first-order chi connectivity index (χ1) is 13.5. The minimum atomic E-state index is -0.0664. The van der Waals surface area contributed by atoms with Crippen LogP contribution in [0.1, 0.15) is 11.1 Å². The van der Waals surface area contributed by atoms with Crippen molar-refractivity contribution in [3.8, 4) is 11.4 Å². The molecular weight excluding hydrogens is 415 g/mol. The van der Waals surface area contributed by atoms with E-state index in [4.69, 9.17) is 23.2 Å². The first kappa shape index (κ1) is 20.7. The summed E-state index contributed by atoms with van der Waals surface area (Å²) in [5.74, 6) is 0.980. The van der Waals surface area contributed by atoms with Crippen molar-refractivity contribution < 1.29 is 4.79 Å². The van der Waals surface area contributed by atoms with Crippen LogP contribution >= 0.6 is 35.0 Å². The van der Waals surface area contributed by atoms with Crippen LogP contribution in [-0.4, -0.2) is 33.0 Å². The molecule has 2 aromatic carbocycles. The Morgan fingerprint density at radius 3 is 2.75 bits per heavy atom. The number of nitrogens with zero attached hydrogens (tertiary/aromatic N) is 3. The highest BCUT2D eigenvalue weighted by Crippen LogP contribution is 2.26. The Kier molecular flexibility index (Phi) is 6.99. The van der Waals surface area contributed by atoms with Crippen LogP contribution in [0.4, 0.5) is 0 Å². The fourth-order valence-electron chi connectivity index (χ4n) is 2.74. The molecule has 0 aliphatic heterocycles. The maximum Gasteiger partial charge on any atom is 0.230 e. The quantitative estimate of drug-likeness (QED) is 0.554. The van der Waals surface area contributed by atoms with Crippen LogP contribution in [0.2, 0.25) is 10.0 Å². The summed E-state index contributed by atoms with van der Waals surface area (Å²) in [5, 5.41) is 13.1. The Balaban J connectivity index is 1.52. The first-order valence-corrected chi connectivity index (χ1v) is 10.5. The van der Waals surface area contributed by atoms with E-state index in [1.54, 1.807) is 6.07 Å². The van der Waals surface area contributed by atoms with E-state index >= 15 is 0 Å². The van der Waals surface area contributed by atoms with Gasteiger partial charge in [-0.1, -0.05) is 70.9 Å². The summed E-state index contributed by atoms with van der Waals surface area (Å²) in [6, 6.07) is 13.6. The van der Waals surface area contributed by atoms with Crippen molar-refractivity contribution in [1.82, 2.24) is 20.1 Å². The van der Waals surface area contributed by atoms with E-state index in [-0.39, 0.29) is 11.7 Å². The average Bonchev–Trinajstić information content (AvgIpc) is 3.04. The Morgan fingerprint density at radius 2 is 1.96 bits per heavy atom. The van der Waals surface area contributed by atoms with E-state index in [0.717, 1.165) is 22.5 Å².